The van der Waals surface area contributed by atoms with Crippen molar-refractivity contribution >= 4 is 22.6 Å². The smallest absolute Gasteiger partial charge is 0.292 e. The molecule has 0 bridgehead atoms. The van der Waals surface area contributed by atoms with Crippen LogP contribution in [0.2, 0.25) is 0 Å². The van der Waals surface area contributed by atoms with Crippen LogP contribution in [-0.4, -0.2) is 17.6 Å². The van der Waals surface area contributed by atoms with Crippen LogP contribution in [-0.2, 0) is 14.3 Å². The minimum absolute atomic E-state index is 0.459. The molecule has 0 fully saturated rings. The van der Waals surface area contributed by atoms with Crippen molar-refractivity contribution in [1.29, 1.82) is 0 Å². The van der Waals surface area contributed by atoms with Gasteiger partial charge in [0.1, 0.15) is 0 Å². The van der Waals surface area contributed by atoms with E-state index < -0.39 is 11.0 Å². The van der Waals surface area contributed by atoms with Gasteiger partial charge in [-0.1, -0.05) is 0 Å². The van der Waals surface area contributed by atoms with Gasteiger partial charge in [-0.15, -0.1) is 0 Å². The number of allylic oxidation sites excluding steroid dienone is 1. The molecule has 0 amide bonds. The Morgan fingerprint density at radius 2 is 2.20 bits per heavy atom. The Morgan fingerprint density at radius 3 is 2.60 bits per heavy atom. The number of rotatable bonds is 4. The van der Waals surface area contributed by atoms with E-state index in [1.54, 1.807) is 6.92 Å². The Kier molecular flexibility index (Phi) is 4.58. The van der Waals surface area contributed by atoms with E-state index in [2.05, 4.69) is 4.74 Å². The highest BCUT2D eigenvalue weighted by Gasteiger charge is 2.03. The van der Waals surface area contributed by atoms with Gasteiger partial charge in [0.25, 0.3) is 5.24 Å². The highest BCUT2D eigenvalue weighted by molar-refractivity contribution is 6.82. The summed E-state index contributed by atoms with van der Waals surface area (Å²) < 4.78 is 4.64. The van der Waals surface area contributed by atoms with Gasteiger partial charge in [-0.3, -0.25) is 9.59 Å². The third-order valence-corrected chi connectivity index (χ3v) is 0.862. The van der Waals surface area contributed by atoms with E-state index in [0.717, 1.165) is 12.3 Å². The summed E-state index contributed by atoms with van der Waals surface area (Å²) in [5.41, 5.74) is 0. The summed E-state index contributed by atoms with van der Waals surface area (Å²) in [6.45, 7) is 2.22. The first-order valence-corrected chi connectivity index (χ1v) is 3.08. The van der Waals surface area contributed by atoms with Crippen LogP contribution in [0, 0.1) is 0 Å². The van der Waals surface area contributed by atoms with Crippen molar-refractivity contribution in [2.24, 2.45) is 0 Å². The highest BCUT2D eigenvalue weighted by Crippen LogP contribution is 1.85. The summed E-state index contributed by atoms with van der Waals surface area (Å²) in [4.78, 5) is 20.4. The molecule has 0 radical (unpaired) electrons. The lowest BCUT2D eigenvalue weighted by atomic mass is 10.4. The second-order valence-corrected chi connectivity index (χ2v) is 1.74. The molecule has 4 heteroatoms. The quantitative estimate of drug-likeness (QED) is 0.267. The number of hydrogen-bond acceptors (Lipinski definition) is 3. The summed E-state index contributed by atoms with van der Waals surface area (Å²) in [5.74, 6) is -0.768. The third-order valence-electron chi connectivity index (χ3n) is 0.676. The zero-order valence-electron chi connectivity index (χ0n) is 5.46. The van der Waals surface area contributed by atoms with Crippen LogP contribution >= 0.6 is 11.6 Å². The maximum absolute atomic E-state index is 10.4. The maximum Gasteiger partial charge on any atom is 0.292 e. The minimum Gasteiger partial charge on any atom is -0.501 e. The number of hydrogen-bond donors (Lipinski definition) is 0. The summed E-state index contributed by atoms with van der Waals surface area (Å²) in [6.07, 6.45) is 2.13. The van der Waals surface area contributed by atoms with Gasteiger partial charge in [-0.2, -0.15) is 0 Å². The van der Waals surface area contributed by atoms with E-state index >= 15 is 0 Å². The van der Waals surface area contributed by atoms with E-state index in [1.807, 2.05) is 0 Å². The maximum atomic E-state index is 10.4. The molecule has 3 nitrogen and oxygen atoms in total. The topological polar surface area (TPSA) is 43.4 Å². The zero-order chi connectivity index (χ0) is 7.98. The van der Waals surface area contributed by atoms with Gasteiger partial charge in [0.05, 0.1) is 12.9 Å². The van der Waals surface area contributed by atoms with Crippen molar-refractivity contribution in [3.8, 4) is 0 Å². The fourth-order valence-corrected chi connectivity index (χ4v) is 0.335. The zero-order valence-corrected chi connectivity index (χ0v) is 6.22. The van der Waals surface area contributed by atoms with Crippen molar-refractivity contribution in [2.75, 3.05) is 6.61 Å². The molecule has 0 aliphatic carbocycles. The van der Waals surface area contributed by atoms with Gasteiger partial charge in [-0.25, -0.2) is 0 Å². The van der Waals surface area contributed by atoms with Gasteiger partial charge in [0.2, 0.25) is 5.78 Å². The lowest BCUT2D eigenvalue weighted by Crippen LogP contribution is -2.01. The van der Waals surface area contributed by atoms with Crippen LogP contribution in [0.4, 0.5) is 0 Å². The molecule has 56 valence electrons. The number of carbonyl (C=O) groups excluding carboxylic acids is 2. The molecule has 0 aromatic heterocycles. The molecular formula is C6H7ClO3. The monoisotopic (exact) mass is 162 g/mol. The van der Waals surface area contributed by atoms with Crippen LogP contribution in [0.15, 0.2) is 12.3 Å². The predicted molar refractivity (Wildman–Crippen MR) is 36.6 cm³/mol. The molecule has 0 aromatic carbocycles. The summed E-state index contributed by atoms with van der Waals surface area (Å²) in [7, 11) is 0. The fourth-order valence-electron chi connectivity index (χ4n) is 0.272. The van der Waals surface area contributed by atoms with E-state index in [9.17, 15) is 9.59 Å². The highest BCUT2D eigenvalue weighted by atomic mass is 35.5. The summed E-state index contributed by atoms with van der Waals surface area (Å²) in [6, 6.07) is 0. The largest absolute Gasteiger partial charge is 0.501 e. The lowest BCUT2D eigenvalue weighted by Gasteiger charge is -1.89. The number of carbonyl (C=O) groups is 2. The molecule has 0 spiro atoms. The van der Waals surface area contributed by atoms with Gasteiger partial charge >= 0.3 is 0 Å². The number of ether oxygens (including phenoxy) is 1. The van der Waals surface area contributed by atoms with Crippen LogP contribution in [0.25, 0.3) is 0 Å². The van der Waals surface area contributed by atoms with E-state index in [1.165, 1.54) is 0 Å². The van der Waals surface area contributed by atoms with E-state index in [-0.39, 0.29) is 0 Å². The summed E-state index contributed by atoms with van der Waals surface area (Å²) >= 11 is 4.81. The Bertz CT molecular complexity index is 162. The van der Waals surface area contributed by atoms with Crippen molar-refractivity contribution in [2.45, 2.75) is 6.92 Å². The Balaban J connectivity index is 3.67. The second-order valence-electron chi connectivity index (χ2n) is 1.40. The first-order valence-electron chi connectivity index (χ1n) is 2.70. The molecule has 0 atom stereocenters. The third kappa shape index (κ3) is 4.09. The van der Waals surface area contributed by atoms with Crippen molar-refractivity contribution in [1.82, 2.24) is 0 Å². The van der Waals surface area contributed by atoms with Crippen LogP contribution in [0.5, 0.6) is 0 Å². The van der Waals surface area contributed by atoms with Crippen LogP contribution < -0.4 is 0 Å². The van der Waals surface area contributed by atoms with Crippen molar-refractivity contribution < 1.29 is 14.3 Å². The van der Waals surface area contributed by atoms with E-state index in [4.69, 9.17) is 11.6 Å². The predicted octanol–water partition coefficient (Wildman–Crippen LogP) is 0.871. The van der Waals surface area contributed by atoms with Crippen molar-refractivity contribution in [3.63, 3.8) is 0 Å². The Hall–Kier alpha value is -0.830. The first-order chi connectivity index (χ1) is 4.68. The van der Waals surface area contributed by atoms with Gasteiger partial charge in [0.15, 0.2) is 0 Å². The average molecular weight is 163 g/mol. The fraction of sp³-hybridized carbons (Fsp3) is 0.333. The van der Waals surface area contributed by atoms with E-state index in [0.29, 0.717) is 6.61 Å². The standard InChI is InChI=1S/C6H7ClO3/c1-2-10-4-3-5(8)6(7)9/h3-4H,2H2,1H3. The number of halogens is 1. The molecule has 0 aromatic rings. The molecule has 0 rings (SSSR count). The van der Waals surface area contributed by atoms with Crippen molar-refractivity contribution in [3.05, 3.63) is 12.3 Å². The molecule has 10 heavy (non-hydrogen) atoms. The normalized spacial score (nSPS) is 9.80. The van der Waals surface area contributed by atoms with Gasteiger partial charge in [0, 0.05) is 6.08 Å². The minimum atomic E-state index is -1.00. The first kappa shape index (κ1) is 9.17. The SMILES string of the molecule is CCOC=CC(=O)C(=O)Cl. The molecule has 0 saturated carbocycles. The molecule has 0 aliphatic rings. The molecule has 0 saturated heterocycles. The summed E-state index contributed by atoms with van der Waals surface area (Å²) in [5, 5.41) is -1.00. The molecule has 0 aliphatic heterocycles. The second kappa shape index (κ2) is 4.99. The van der Waals surface area contributed by atoms with Crippen LogP contribution in [0.1, 0.15) is 6.92 Å². The van der Waals surface area contributed by atoms with Gasteiger partial charge < -0.3 is 4.74 Å². The van der Waals surface area contributed by atoms with Crippen LogP contribution in [0.3, 0.4) is 0 Å². The molecule has 0 heterocycles. The molecule has 0 N–H and O–H groups in total. The molecule has 0 unspecified atom stereocenters. The average Bonchev–Trinajstić information content (AvgIpc) is 1.88. The molecular weight excluding hydrogens is 156 g/mol. The Labute approximate surface area is 63.6 Å². The van der Waals surface area contributed by atoms with Gasteiger partial charge in [-0.05, 0) is 18.5 Å². The lowest BCUT2D eigenvalue weighted by molar-refractivity contribution is -0.129. The number of ketones is 1. The Morgan fingerprint density at radius 1 is 1.60 bits per heavy atom.